The maximum Gasteiger partial charge on any atom is 0.293 e. The molecular weight excluding hydrogens is 470 g/mol. The number of amides is 2. The first-order chi connectivity index (χ1) is 16.5. The van der Waals surface area contributed by atoms with Gasteiger partial charge in [0.2, 0.25) is 0 Å². The van der Waals surface area contributed by atoms with Gasteiger partial charge in [0.15, 0.2) is 11.5 Å². The van der Waals surface area contributed by atoms with Crippen molar-refractivity contribution >= 4 is 40.6 Å². The third-order valence-corrected chi connectivity index (χ3v) is 6.51. The Morgan fingerprint density at radius 1 is 1.00 bits per heavy atom. The van der Waals surface area contributed by atoms with Crippen LogP contribution < -0.4 is 9.47 Å². The summed E-state index contributed by atoms with van der Waals surface area (Å²) in [6.45, 7) is 4.85. The molecule has 2 amide bonds. The summed E-state index contributed by atoms with van der Waals surface area (Å²) < 4.78 is 11.7. The van der Waals surface area contributed by atoms with Gasteiger partial charge in [0.25, 0.3) is 11.1 Å². The Balaban J connectivity index is 1.56. The second-order valence-electron chi connectivity index (χ2n) is 7.73. The molecule has 1 aliphatic heterocycles. The average molecular weight is 494 g/mol. The lowest BCUT2D eigenvalue weighted by atomic mass is 10.1. The summed E-state index contributed by atoms with van der Waals surface area (Å²) in [7, 11) is 0. The van der Waals surface area contributed by atoms with E-state index in [1.807, 2.05) is 68.4 Å². The quantitative estimate of drug-likeness (QED) is 0.321. The van der Waals surface area contributed by atoms with Crippen molar-refractivity contribution in [3.63, 3.8) is 0 Å². The van der Waals surface area contributed by atoms with Crippen molar-refractivity contribution in [2.75, 3.05) is 6.61 Å². The van der Waals surface area contributed by atoms with E-state index in [0.717, 1.165) is 28.5 Å². The number of hydrogen-bond acceptors (Lipinski definition) is 5. The highest BCUT2D eigenvalue weighted by Gasteiger charge is 2.35. The Hall–Kier alpha value is -3.22. The molecule has 0 atom stereocenters. The topological polar surface area (TPSA) is 55.8 Å². The van der Waals surface area contributed by atoms with Crippen molar-refractivity contribution in [1.29, 1.82) is 0 Å². The Bertz CT molecular complexity index is 1240. The molecule has 0 aromatic heterocycles. The number of carbonyl (C=O) groups is 2. The SMILES string of the molecule is CCOc1cc(/C=C2\SC(=O)N(Cc3ccccc3C)C2=O)cc(Cl)c1OCc1ccccc1. The molecule has 34 heavy (non-hydrogen) atoms. The maximum absolute atomic E-state index is 13.0. The summed E-state index contributed by atoms with van der Waals surface area (Å²) in [5.41, 5.74) is 3.63. The molecule has 4 rings (SSSR count). The molecule has 5 nitrogen and oxygen atoms in total. The minimum atomic E-state index is -0.322. The Labute approximate surface area is 208 Å². The summed E-state index contributed by atoms with van der Waals surface area (Å²) in [5.74, 6) is 0.602. The molecule has 1 aliphatic rings. The van der Waals surface area contributed by atoms with Crippen molar-refractivity contribution < 1.29 is 19.1 Å². The van der Waals surface area contributed by atoms with Crippen LogP contribution in [0.3, 0.4) is 0 Å². The van der Waals surface area contributed by atoms with Crippen molar-refractivity contribution in [3.05, 3.63) is 98.9 Å². The van der Waals surface area contributed by atoms with Crippen LogP contribution in [-0.2, 0) is 17.9 Å². The lowest BCUT2D eigenvalue weighted by Gasteiger charge is -2.15. The summed E-state index contributed by atoms with van der Waals surface area (Å²) in [6, 6.07) is 21.0. The standard InChI is InChI=1S/C27H24ClNO4S/c1-3-32-23-14-20(13-22(28)25(23)33-17-19-10-5-4-6-11-19)15-24-26(30)29(27(31)34-24)16-21-12-8-7-9-18(21)2/h4-15H,3,16-17H2,1-2H3/b24-15-. The number of halogens is 1. The summed E-state index contributed by atoms with van der Waals surface area (Å²) >= 11 is 7.46. The molecule has 174 valence electrons. The highest BCUT2D eigenvalue weighted by molar-refractivity contribution is 8.18. The molecule has 1 fully saturated rings. The van der Waals surface area contributed by atoms with E-state index >= 15 is 0 Å². The normalized spacial score (nSPS) is 14.7. The van der Waals surface area contributed by atoms with E-state index in [0.29, 0.717) is 40.2 Å². The van der Waals surface area contributed by atoms with E-state index in [4.69, 9.17) is 21.1 Å². The van der Waals surface area contributed by atoms with Crippen LogP contribution in [0.2, 0.25) is 5.02 Å². The van der Waals surface area contributed by atoms with Gasteiger partial charge in [-0.1, -0.05) is 66.2 Å². The Morgan fingerprint density at radius 2 is 1.74 bits per heavy atom. The molecule has 0 aliphatic carbocycles. The molecule has 3 aromatic carbocycles. The van der Waals surface area contributed by atoms with Crippen LogP contribution in [0.5, 0.6) is 11.5 Å². The maximum atomic E-state index is 13.0. The number of thioether (sulfide) groups is 1. The second-order valence-corrected chi connectivity index (χ2v) is 9.13. The van der Waals surface area contributed by atoms with Crippen LogP contribution in [-0.4, -0.2) is 22.7 Å². The fraction of sp³-hybridized carbons (Fsp3) is 0.185. The van der Waals surface area contributed by atoms with Gasteiger partial charge >= 0.3 is 0 Å². The summed E-state index contributed by atoms with van der Waals surface area (Å²) in [4.78, 5) is 27.2. The lowest BCUT2D eigenvalue weighted by Crippen LogP contribution is -2.27. The summed E-state index contributed by atoms with van der Waals surface area (Å²) in [5, 5.41) is 0.0747. The number of nitrogens with zero attached hydrogens (tertiary/aromatic N) is 1. The van der Waals surface area contributed by atoms with Crippen LogP contribution in [0.4, 0.5) is 4.79 Å². The molecule has 1 saturated heterocycles. The third-order valence-electron chi connectivity index (χ3n) is 5.32. The lowest BCUT2D eigenvalue weighted by molar-refractivity contribution is -0.123. The average Bonchev–Trinajstić information content (AvgIpc) is 3.08. The zero-order valence-electron chi connectivity index (χ0n) is 18.9. The highest BCUT2D eigenvalue weighted by atomic mass is 35.5. The molecule has 0 N–H and O–H groups in total. The van der Waals surface area contributed by atoms with E-state index in [2.05, 4.69) is 0 Å². The van der Waals surface area contributed by atoms with Gasteiger partial charge in [0, 0.05) is 0 Å². The zero-order chi connectivity index (χ0) is 24.1. The van der Waals surface area contributed by atoms with Crippen molar-refractivity contribution in [2.24, 2.45) is 0 Å². The van der Waals surface area contributed by atoms with Gasteiger partial charge in [-0.3, -0.25) is 14.5 Å². The van der Waals surface area contributed by atoms with Gasteiger partial charge in [-0.15, -0.1) is 0 Å². The van der Waals surface area contributed by atoms with Crippen LogP contribution in [0.25, 0.3) is 6.08 Å². The van der Waals surface area contributed by atoms with Crippen molar-refractivity contribution in [1.82, 2.24) is 4.90 Å². The first kappa shape index (κ1) is 23.9. The highest BCUT2D eigenvalue weighted by Crippen LogP contribution is 2.40. The van der Waals surface area contributed by atoms with E-state index in [1.54, 1.807) is 18.2 Å². The second kappa shape index (κ2) is 10.8. The van der Waals surface area contributed by atoms with Gasteiger partial charge in [-0.05, 0) is 66.1 Å². The number of benzene rings is 3. The van der Waals surface area contributed by atoms with Crippen LogP contribution in [0.15, 0.2) is 71.6 Å². The molecule has 0 radical (unpaired) electrons. The molecule has 1 heterocycles. The van der Waals surface area contributed by atoms with Crippen LogP contribution >= 0.6 is 23.4 Å². The zero-order valence-corrected chi connectivity index (χ0v) is 20.5. The third kappa shape index (κ3) is 5.46. The van der Waals surface area contributed by atoms with Crippen molar-refractivity contribution in [2.45, 2.75) is 27.0 Å². The minimum Gasteiger partial charge on any atom is -0.490 e. The van der Waals surface area contributed by atoms with Crippen LogP contribution in [0.1, 0.15) is 29.2 Å². The largest absolute Gasteiger partial charge is 0.490 e. The van der Waals surface area contributed by atoms with E-state index in [9.17, 15) is 9.59 Å². The van der Waals surface area contributed by atoms with E-state index < -0.39 is 0 Å². The Morgan fingerprint density at radius 3 is 2.47 bits per heavy atom. The number of ether oxygens (including phenoxy) is 2. The predicted molar refractivity (Wildman–Crippen MR) is 136 cm³/mol. The van der Waals surface area contributed by atoms with Crippen LogP contribution in [0, 0.1) is 6.92 Å². The smallest absolute Gasteiger partial charge is 0.293 e. The van der Waals surface area contributed by atoms with Gasteiger partial charge in [0.1, 0.15) is 6.61 Å². The molecule has 0 spiro atoms. The fourth-order valence-electron chi connectivity index (χ4n) is 3.55. The Kier molecular flexibility index (Phi) is 7.60. The van der Waals surface area contributed by atoms with E-state index in [1.165, 1.54) is 4.90 Å². The first-order valence-corrected chi connectivity index (χ1v) is 12.1. The number of rotatable bonds is 8. The van der Waals surface area contributed by atoms with Gasteiger partial charge in [-0.25, -0.2) is 0 Å². The molecular formula is C27H24ClNO4S. The van der Waals surface area contributed by atoms with Gasteiger partial charge in [0.05, 0.1) is 23.1 Å². The van der Waals surface area contributed by atoms with Gasteiger partial charge in [-0.2, -0.15) is 0 Å². The number of imide groups is 1. The monoisotopic (exact) mass is 493 g/mol. The molecule has 0 saturated carbocycles. The molecule has 7 heteroatoms. The first-order valence-electron chi connectivity index (χ1n) is 10.9. The van der Waals surface area contributed by atoms with E-state index in [-0.39, 0.29) is 17.7 Å². The number of carbonyl (C=O) groups excluding carboxylic acids is 2. The summed E-state index contributed by atoms with van der Waals surface area (Å²) in [6.07, 6.45) is 1.66. The molecule has 0 bridgehead atoms. The molecule has 0 unspecified atom stereocenters. The number of hydrogen-bond donors (Lipinski definition) is 0. The number of aryl methyl sites for hydroxylation is 1. The predicted octanol–water partition coefficient (Wildman–Crippen LogP) is 6.86. The fourth-order valence-corrected chi connectivity index (χ4v) is 4.66. The minimum absolute atomic E-state index is 0.242. The molecule has 3 aromatic rings. The van der Waals surface area contributed by atoms with Gasteiger partial charge < -0.3 is 9.47 Å². The van der Waals surface area contributed by atoms with Crippen molar-refractivity contribution in [3.8, 4) is 11.5 Å².